The number of hydrogen-bond acceptors (Lipinski definition) is 3. The standard InChI is InChI=1S/C12H15N3O2/c1-8-2-3-10(14-5-8)7-15-6-9(12(13)17)4-11(15)16/h2-3,5,9H,4,6-7H2,1H3,(H2,13,17). The van der Waals surface area contributed by atoms with Crippen LogP contribution in [0.1, 0.15) is 17.7 Å². The first-order valence-corrected chi connectivity index (χ1v) is 5.55. The Kier molecular flexibility index (Phi) is 3.08. The highest BCUT2D eigenvalue weighted by Crippen LogP contribution is 2.19. The van der Waals surface area contributed by atoms with Gasteiger partial charge in [0.25, 0.3) is 0 Å². The van der Waals surface area contributed by atoms with Crippen molar-refractivity contribution in [1.29, 1.82) is 0 Å². The van der Waals surface area contributed by atoms with E-state index in [0.29, 0.717) is 13.1 Å². The number of likely N-dealkylation sites (tertiary alicyclic amines) is 1. The van der Waals surface area contributed by atoms with E-state index < -0.39 is 5.91 Å². The SMILES string of the molecule is Cc1ccc(CN2CC(C(N)=O)CC2=O)nc1. The van der Waals surface area contributed by atoms with Gasteiger partial charge in [0.2, 0.25) is 11.8 Å². The number of carbonyl (C=O) groups excluding carboxylic acids is 2. The highest BCUT2D eigenvalue weighted by atomic mass is 16.2. The number of aromatic nitrogens is 1. The number of carbonyl (C=O) groups is 2. The molecule has 1 aromatic rings. The topological polar surface area (TPSA) is 76.3 Å². The summed E-state index contributed by atoms with van der Waals surface area (Å²) in [6, 6.07) is 3.84. The number of rotatable bonds is 3. The van der Waals surface area contributed by atoms with Crippen molar-refractivity contribution in [1.82, 2.24) is 9.88 Å². The van der Waals surface area contributed by atoms with Gasteiger partial charge in [-0.25, -0.2) is 0 Å². The van der Waals surface area contributed by atoms with Gasteiger partial charge in [0, 0.05) is 19.2 Å². The molecule has 1 atom stereocenters. The maximum Gasteiger partial charge on any atom is 0.223 e. The van der Waals surface area contributed by atoms with Gasteiger partial charge < -0.3 is 10.6 Å². The summed E-state index contributed by atoms with van der Waals surface area (Å²) < 4.78 is 0. The molecule has 5 heteroatoms. The smallest absolute Gasteiger partial charge is 0.223 e. The number of hydrogen-bond donors (Lipinski definition) is 1. The maximum absolute atomic E-state index is 11.7. The van der Waals surface area contributed by atoms with Crippen LogP contribution in [0.3, 0.4) is 0 Å². The lowest BCUT2D eigenvalue weighted by Gasteiger charge is -2.15. The fraction of sp³-hybridized carbons (Fsp3) is 0.417. The fourth-order valence-electron chi connectivity index (χ4n) is 1.90. The zero-order chi connectivity index (χ0) is 12.4. The molecule has 0 saturated carbocycles. The Morgan fingerprint density at radius 1 is 1.59 bits per heavy atom. The Hall–Kier alpha value is -1.91. The molecule has 2 rings (SSSR count). The van der Waals surface area contributed by atoms with Gasteiger partial charge in [0.05, 0.1) is 18.2 Å². The molecule has 0 spiro atoms. The second kappa shape index (κ2) is 4.53. The maximum atomic E-state index is 11.7. The first-order valence-electron chi connectivity index (χ1n) is 5.55. The van der Waals surface area contributed by atoms with Gasteiger partial charge in [-0.15, -0.1) is 0 Å². The third kappa shape index (κ3) is 2.61. The summed E-state index contributed by atoms with van der Waals surface area (Å²) in [5.41, 5.74) is 7.11. The van der Waals surface area contributed by atoms with E-state index in [-0.39, 0.29) is 18.2 Å². The summed E-state index contributed by atoms with van der Waals surface area (Å²) in [6.45, 7) is 2.81. The molecule has 1 aliphatic rings. The molecule has 1 aliphatic heterocycles. The molecule has 0 aromatic carbocycles. The van der Waals surface area contributed by atoms with Gasteiger partial charge in [-0.3, -0.25) is 14.6 Å². The summed E-state index contributed by atoms with van der Waals surface area (Å²) in [5, 5.41) is 0. The van der Waals surface area contributed by atoms with E-state index in [0.717, 1.165) is 11.3 Å². The molecule has 17 heavy (non-hydrogen) atoms. The zero-order valence-corrected chi connectivity index (χ0v) is 9.72. The summed E-state index contributed by atoms with van der Waals surface area (Å²) in [5.74, 6) is -0.790. The molecular weight excluding hydrogens is 218 g/mol. The van der Waals surface area contributed by atoms with Gasteiger partial charge in [0.15, 0.2) is 0 Å². The number of amides is 2. The van der Waals surface area contributed by atoms with Crippen LogP contribution in [0, 0.1) is 12.8 Å². The molecule has 2 amide bonds. The average molecular weight is 233 g/mol. The van der Waals surface area contributed by atoms with Crippen molar-refractivity contribution in [2.24, 2.45) is 11.7 Å². The average Bonchev–Trinajstić information content (AvgIpc) is 2.64. The Morgan fingerprint density at radius 2 is 2.35 bits per heavy atom. The first-order chi connectivity index (χ1) is 8.06. The summed E-state index contributed by atoms with van der Waals surface area (Å²) in [7, 11) is 0. The van der Waals surface area contributed by atoms with Crippen molar-refractivity contribution in [3.63, 3.8) is 0 Å². The third-order valence-corrected chi connectivity index (χ3v) is 2.94. The van der Waals surface area contributed by atoms with Crippen molar-refractivity contribution < 1.29 is 9.59 Å². The van der Waals surface area contributed by atoms with Crippen molar-refractivity contribution in [2.45, 2.75) is 19.9 Å². The predicted octanol–water partition coefficient (Wildman–Crippen LogP) is 0.224. The molecule has 0 aliphatic carbocycles. The van der Waals surface area contributed by atoms with Crippen molar-refractivity contribution in [3.05, 3.63) is 29.6 Å². The first kappa shape index (κ1) is 11.6. The van der Waals surface area contributed by atoms with Crippen LogP contribution < -0.4 is 5.73 Å². The van der Waals surface area contributed by atoms with Crippen LogP contribution in [-0.2, 0) is 16.1 Å². The van der Waals surface area contributed by atoms with Crippen molar-refractivity contribution in [2.75, 3.05) is 6.54 Å². The van der Waals surface area contributed by atoms with Gasteiger partial charge in [-0.2, -0.15) is 0 Å². The molecule has 90 valence electrons. The molecule has 1 unspecified atom stereocenters. The van der Waals surface area contributed by atoms with E-state index in [1.54, 1.807) is 11.1 Å². The Morgan fingerprint density at radius 3 is 2.88 bits per heavy atom. The Balaban J connectivity index is 2.02. The largest absolute Gasteiger partial charge is 0.369 e. The van der Waals surface area contributed by atoms with E-state index in [1.165, 1.54) is 0 Å². The quantitative estimate of drug-likeness (QED) is 0.811. The lowest BCUT2D eigenvalue weighted by molar-refractivity contribution is -0.128. The predicted molar refractivity (Wildman–Crippen MR) is 61.7 cm³/mol. The van der Waals surface area contributed by atoms with Crippen LogP contribution in [0.4, 0.5) is 0 Å². The highest BCUT2D eigenvalue weighted by Gasteiger charge is 2.32. The Labute approximate surface area is 99.6 Å². The van der Waals surface area contributed by atoms with E-state index in [2.05, 4.69) is 4.98 Å². The number of aryl methyl sites for hydroxylation is 1. The van der Waals surface area contributed by atoms with Crippen molar-refractivity contribution >= 4 is 11.8 Å². The number of pyridine rings is 1. The third-order valence-electron chi connectivity index (χ3n) is 2.94. The van der Waals surface area contributed by atoms with Crippen LogP contribution in [0.15, 0.2) is 18.3 Å². The van der Waals surface area contributed by atoms with E-state index in [1.807, 2.05) is 19.1 Å². The van der Waals surface area contributed by atoms with Gasteiger partial charge in [-0.05, 0) is 18.6 Å². The highest BCUT2D eigenvalue weighted by molar-refractivity contribution is 5.88. The van der Waals surface area contributed by atoms with Crippen molar-refractivity contribution in [3.8, 4) is 0 Å². The van der Waals surface area contributed by atoms with Gasteiger partial charge in [0.1, 0.15) is 0 Å². The molecule has 1 fully saturated rings. The summed E-state index contributed by atoms with van der Waals surface area (Å²) >= 11 is 0. The zero-order valence-electron chi connectivity index (χ0n) is 9.72. The minimum Gasteiger partial charge on any atom is -0.369 e. The molecule has 5 nitrogen and oxygen atoms in total. The monoisotopic (exact) mass is 233 g/mol. The van der Waals surface area contributed by atoms with Crippen LogP contribution in [0.25, 0.3) is 0 Å². The van der Waals surface area contributed by atoms with E-state index in [4.69, 9.17) is 5.73 Å². The lowest BCUT2D eigenvalue weighted by atomic mass is 10.1. The molecule has 1 saturated heterocycles. The van der Waals surface area contributed by atoms with Crippen LogP contribution in [-0.4, -0.2) is 28.2 Å². The minimum atomic E-state index is -0.405. The number of primary amides is 1. The van der Waals surface area contributed by atoms with Gasteiger partial charge in [-0.1, -0.05) is 6.07 Å². The van der Waals surface area contributed by atoms with Crippen LogP contribution >= 0.6 is 0 Å². The fourth-order valence-corrected chi connectivity index (χ4v) is 1.90. The van der Waals surface area contributed by atoms with Gasteiger partial charge >= 0.3 is 0 Å². The molecule has 2 N–H and O–H groups in total. The second-order valence-corrected chi connectivity index (χ2v) is 4.40. The van der Waals surface area contributed by atoms with E-state index >= 15 is 0 Å². The van der Waals surface area contributed by atoms with Crippen LogP contribution in [0.2, 0.25) is 0 Å². The number of nitrogens with zero attached hydrogens (tertiary/aromatic N) is 2. The second-order valence-electron chi connectivity index (χ2n) is 4.40. The van der Waals surface area contributed by atoms with E-state index in [9.17, 15) is 9.59 Å². The molecule has 1 aromatic heterocycles. The summed E-state index contributed by atoms with van der Waals surface area (Å²) in [4.78, 5) is 28.5. The molecule has 2 heterocycles. The molecule has 0 radical (unpaired) electrons. The Bertz CT molecular complexity index is 442. The molecular formula is C12H15N3O2. The van der Waals surface area contributed by atoms with Crippen LogP contribution in [0.5, 0.6) is 0 Å². The minimum absolute atomic E-state index is 0.0313. The number of nitrogens with two attached hydrogens (primary N) is 1. The summed E-state index contributed by atoms with van der Waals surface area (Å²) in [6.07, 6.45) is 1.99. The lowest BCUT2D eigenvalue weighted by Crippen LogP contribution is -2.28. The molecule has 0 bridgehead atoms. The normalized spacial score (nSPS) is 19.7.